The Morgan fingerprint density at radius 1 is 0.970 bits per heavy atom. The van der Waals surface area contributed by atoms with Gasteiger partial charge in [0, 0.05) is 30.0 Å². The molecule has 0 saturated heterocycles. The highest BCUT2D eigenvalue weighted by Gasteiger charge is 2.21. The summed E-state index contributed by atoms with van der Waals surface area (Å²) in [7, 11) is 3.13. The number of aromatic nitrogens is 2. The normalized spacial score (nSPS) is 13.0. The molecule has 5 rings (SSSR count). The summed E-state index contributed by atoms with van der Waals surface area (Å²) >= 11 is 0. The van der Waals surface area contributed by atoms with Crippen molar-refractivity contribution in [2.45, 2.75) is 20.0 Å². The Kier molecular flexibility index (Phi) is 5.38. The number of nitrogens with one attached hydrogen (secondary N) is 1. The predicted molar refractivity (Wildman–Crippen MR) is 129 cm³/mol. The van der Waals surface area contributed by atoms with Crippen molar-refractivity contribution in [2.24, 2.45) is 0 Å². The van der Waals surface area contributed by atoms with Gasteiger partial charge >= 0.3 is 0 Å². The quantitative estimate of drug-likeness (QED) is 0.488. The van der Waals surface area contributed by atoms with Crippen LogP contribution in [0.2, 0.25) is 0 Å². The summed E-state index contributed by atoms with van der Waals surface area (Å²) in [5, 5.41) is 3.05. The highest BCUT2D eigenvalue weighted by molar-refractivity contribution is 6.05. The van der Waals surface area contributed by atoms with E-state index in [-0.39, 0.29) is 5.91 Å². The van der Waals surface area contributed by atoms with E-state index in [0.717, 1.165) is 47.9 Å². The highest BCUT2D eigenvalue weighted by atomic mass is 16.5. The first-order valence-electron chi connectivity index (χ1n) is 10.9. The number of aryl methyl sites for hydroxylation is 1. The number of fused-ring (bicyclic) bond motifs is 3. The molecule has 7 heteroatoms. The third-order valence-corrected chi connectivity index (χ3v) is 6.14. The number of hydrogen-bond donors (Lipinski definition) is 1. The molecule has 1 aliphatic rings. The molecule has 1 aromatic heterocycles. The molecule has 0 radical (unpaired) electrons. The second kappa shape index (κ2) is 8.50. The van der Waals surface area contributed by atoms with Gasteiger partial charge in [0.2, 0.25) is 0 Å². The number of benzene rings is 3. The van der Waals surface area contributed by atoms with Crippen LogP contribution in [0.1, 0.15) is 21.7 Å². The molecular formula is C26H26N4O3. The minimum absolute atomic E-state index is 0.198. The summed E-state index contributed by atoms with van der Waals surface area (Å²) in [4.78, 5) is 20.1. The molecule has 168 valence electrons. The third kappa shape index (κ3) is 3.86. The van der Waals surface area contributed by atoms with Crippen molar-refractivity contribution in [1.82, 2.24) is 9.55 Å². The monoisotopic (exact) mass is 442 g/mol. The Morgan fingerprint density at radius 3 is 2.61 bits per heavy atom. The molecular weight excluding hydrogens is 416 g/mol. The van der Waals surface area contributed by atoms with E-state index in [0.29, 0.717) is 17.1 Å². The molecule has 1 amide bonds. The number of amides is 1. The molecule has 4 aromatic rings. The summed E-state index contributed by atoms with van der Waals surface area (Å²) in [5.74, 6) is 1.96. The minimum atomic E-state index is -0.198. The van der Waals surface area contributed by atoms with Crippen molar-refractivity contribution in [3.8, 4) is 11.5 Å². The van der Waals surface area contributed by atoms with Gasteiger partial charge in [-0.1, -0.05) is 18.2 Å². The second-order valence-electron chi connectivity index (χ2n) is 8.11. The van der Waals surface area contributed by atoms with E-state index in [1.165, 1.54) is 5.52 Å². The van der Waals surface area contributed by atoms with Gasteiger partial charge < -0.3 is 24.3 Å². The van der Waals surface area contributed by atoms with Crippen molar-refractivity contribution in [1.29, 1.82) is 0 Å². The average molecular weight is 443 g/mol. The summed E-state index contributed by atoms with van der Waals surface area (Å²) in [6.07, 6.45) is 0. The maximum Gasteiger partial charge on any atom is 0.255 e. The molecule has 0 aliphatic carbocycles. The van der Waals surface area contributed by atoms with Gasteiger partial charge in [-0.2, -0.15) is 0 Å². The zero-order valence-electron chi connectivity index (χ0n) is 19.0. The lowest BCUT2D eigenvalue weighted by Gasteiger charge is -2.30. The van der Waals surface area contributed by atoms with Crippen LogP contribution in [-0.2, 0) is 13.1 Å². The smallest absolute Gasteiger partial charge is 0.255 e. The Labute approximate surface area is 192 Å². The molecule has 0 unspecified atom stereocenters. The number of nitrogens with zero attached hydrogens (tertiary/aromatic N) is 3. The molecule has 7 nitrogen and oxygen atoms in total. The van der Waals surface area contributed by atoms with E-state index in [9.17, 15) is 4.79 Å². The lowest BCUT2D eigenvalue weighted by atomic mass is 10.1. The fraction of sp³-hybridized carbons (Fsp3) is 0.231. The van der Waals surface area contributed by atoms with Gasteiger partial charge in [-0.3, -0.25) is 4.79 Å². The van der Waals surface area contributed by atoms with Gasteiger partial charge in [0.1, 0.15) is 5.82 Å². The number of rotatable bonds is 5. The number of para-hydroxylation sites is 2. The molecule has 0 saturated carbocycles. The Morgan fingerprint density at radius 2 is 1.79 bits per heavy atom. The maximum absolute atomic E-state index is 13.0. The summed E-state index contributed by atoms with van der Waals surface area (Å²) in [6, 6.07) is 19.6. The molecule has 1 N–H and O–H groups in total. The van der Waals surface area contributed by atoms with Gasteiger partial charge in [-0.05, 0) is 55.0 Å². The van der Waals surface area contributed by atoms with Crippen LogP contribution in [0.4, 0.5) is 11.4 Å². The van der Waals surface area contributed by atoms with E-state index in [1.54, 1.807) is 32.4 Å². The van der Waals surface area contributed by atoms with Gasteiger partial charge in [-0.15, -0.1) is 0 Å². The molecule has 3 aromatic carbocycles. The Bertz CT molecular complexity index is 1340. The zero-order valence-corrected chi connectivity index (χ0v) is 19.0. The van der Waals surface area contributed by atoms with Gasteiger partial charge in [0.25, 0.3) is 5.91 Å². The van der Waals surface area contributed by atoms with Crippen LogP contribution >= 0.6 is 0 Å². The molecule has 0 atom stereocenters. The SMILES string of the molecule is COc1ccc(C(=O)Nc2cc(N3CCn4c(nc5ccccc54)C3)ccc2C)cc1OC. The Hall–Kier alpha value is -4.00. The van der Waals surface area contributed by atoms with Gasteiger partial charge in [-0.25, -0.2) is 4.98 Å². The van der Waals surface area contributed by atoms with Crippen LogP contribution in [0.25, 0.3) is 11.0 Å². The number of carbonyl (C=O) groups excluding carboxylic acids is 1. The van der Waals surface area contributed by atoms with Crippen molar-refractivity contribution < 1.29 is 14.3 Å². The van der Waals surface area contributed by atoms with Crippen molar-refractivity contribution in [3.05, 3.63) is 77.6 Å². The van der Waals surface area contributed by atoms with E-state index in [1.807, 2.05) is 25.1 Å². The number of hydrogen-bond acceptors (Lipinski definition) is 5. The fourth-order valence-electron chi connectivity index (χ4n) is 4.30. The lowest BCUT2D eigenvalue weighted by molar-refractivity contribution is 0.102. The Balaban J connectivity index is 1.38. The topological polar surface area (TPSA) is 68.6 Å². The first-order chi connectivity index (χ1) is 16.1. The van der Waals surface area contributed by atoms with Crippen LogP contribution in [0.15, 0.2) is 60.7 Å². The largest absolute Gasteiger partial charge is 0.493 e. The van der Waals surface area contributed by atoms with E-state index >= 15 is 0 Å². The summed E-state index contributed by atoms with van der Waals surface area (Å²) in [5.41, 5.74) is 5.55. The maximum atomic E-state index is 13.0. The van der Waals surface area contributed by atoms with Crippen LogP contribution in [0, 0.1) is 6.92 Å². The third-order valence-electron chi connectivity index (χ3n) is 6.14. The predicted octanol–water partition coefficient (Wildman–Crippen LogP) is 4.63. The highest BCUT2D eigenvalue weighted by Crippen LogP contribution is 2.30. The summed E-state index contributed by atoms with van der Waals surface area (Å²) in [6.45, 7) is 4.46. The van der Waals surface area contributed by atoms with Crippen LogP contribution in [-0.4, -0.2) is 36.2 Å². The molecule has 1 aliphatic heterocycles. The molecule has 2 heterocycles. The standard InChI is InChI=1S/C26H26N4O3/c1-17-8-10-19(29-12-13-30-22-7-5-4-6-20(22)27-25(30)16-29)15-21(17)28-26(31)18-9-11-23(32-2)24(14-18)33-3/h4-11,14-15H,12-13,16H2,1-3H3,(H,28,31). The lowest BCUT2D eigenvalue weighted by Crippen LogP contribution is -2.33. The van der Waals surface area contributed by atoms with Crippen LogP contribution < -0.4 is 19.7 Å². The number of methoxy groups -OCH3 is 2. The van der Waals surface area contributed by atoms with E-state index in [4.69, 9.17) is 14.5 Å². The zero-order chi connectivity index (χ0) is 22.9. The first-order valence-corrected chi connectivity index (χ1v) is 10.9. The summed E-state index contributed by atoms with van der Waals surface area (Å²) < 4.78 is 12.9. The molecule has 33 heavy (non-hydrogen) atoms. The minimum Gasteiger partial charge on any atom is -0.493 e. The average Bonchev–Trinajstić information content (AvgIpc) is 3.22. The number of anilines is 2. The molecule has 0 spiro atoms. The molecule has 0 fully saturated rings. The first kappa shape index (κ1) is 20.9. The van der Waals surface area contributed by atoms with Crippen molar-refractivity contribution >= 4 is 28.3 Å². The number of carbonyl (C=O) groups is 1. The number of imidazole rings is 1. The van der Waals surface area contributed by atoms with Crippen LogP contribution in [0.3, 0.4) is 0 Å². The number of ether oxygens (including phenoxy) is 2. The van der Waals surface area contributed by atoms with E-state index in [2.05, 4.69) is 39.0 Å². The van der Waals surface area contributed by atoms with Crippen LogP contribution in [0.5, 0.6) is 11.5 Å². The molecule has 0 bridgehead atoms. The van der Waals surface area contributed by atoms with Gasteiger partial charge in [0.05, 0.1) is 31.8 Å². The second-order valence-corrected chi connectivity index (χ2v) is 8.11. The fourth-order valence-corrected chi connectivity index (χ4v) is 4.30. The van der Waals surface area contributed by atoms with Crippen molar-refractivity contribution in [3.63, 3.8) is 0 Å². The van der Waals surface area contributed by atoms with E-state index < -0.39 is 0 Å². The van der Waals surface area contributed by atoms with Crippen molar-refractivity contribution in [2.75, 3.05) is 31.0 Å². The van der Waals surface area contributed by atoms with Gasteiger partial charge in [0.15, 0.2) is 11.5 Å².